The predicted octanol–water partition coefficient (Wildman–Crippen LogP) is 5.41. The molecule has 9 heteroatoms. The van der Waals surface area contributed by atoms with Gasteiger partial charge in [0, 0.05) is 10.8 Å². The van der Waals surface area contributed by atoms with E-state index in [4.69, 9.17) is 8.37 Å². The summed E-state index contributed by atoms with van der Waals surface area (Å²) in [6, 6.07) is 14.1. The number of hydrogen-bond acceptors (Lipinski definition) is 7. The quantitative estimate of drug-likeness (QED) is 0.270. The Bertz CT molecular complexity index is 1180. The lowest BCUT2D eigenvalue weighted by molar-refractivity contribution is 0.451. The summed E-state index contributed by atoms with van der Waals surface area (Å²) in [4.78, 5) is -0.0441. The molecule has 0 unspecified atom stereocenters. The molecule has 0 atom stereocenters. The Kier molecular flexibility index (Phi) is 7.74. The molecule has 0 aliphatic carbocycles. The first-order valence-electron chi connectivity index (χ1n) is 9.91. The van der Waals surface area contributed by atoms with Gasteiger partial charge in [-0.3, -0.25) is 0 Å². The van der Waals surface area contributed by atoms with Crippen molar-refractivity contribution < 1.29 is 25.2 Å². The Labute approximate surface area is 187 Å². The Morgan fingerprint density at radius 2 is 1.26 bits per heavy atom. The number of benzene rings is 2. The molecule has 3 rings (SSSR count). The van der Waals surface area contributed by atoms with E-state index in [2.05, 4.69) is 6.92 Å². The first-order chi connectivity index (χ1) is 14.8. The topological polar surface area (TPSA) is 86.7 Å². The minimum absolute atomic E-state index is 0.00660. The smallest absolute Gasteiger partial charge is 0.339 e. The SMILES string of the molecule is CCCCCCc1ccc(S(=O)(=O)Oc2cscc2OS(=O)(=O)c2ccccc2)cc1. The molecule has 1 aromatic heterocycles. The zero-order valence-corrected chi connectivity index (χ0v) is 19.5. The highest BCUT2D eigenvalue weighted by Crippen LogP contribution is 2.35. The summed E-state index contributed by atoms with van der Waals surface area (Å²) in [6.07, 6.45) is 5.44. The van der Waals surface area contributed by atoms with Gasteiger partial charge in [-0.1, -0.05) is 56.5 Å². The van der Waals surface area contributed by atoms with Gasteiger partial charge in [0.2, 0.25) is 0 Å². The number of unbranched alkanes of at least 4 members (excludes halogenated alkanes) is 3. The van der Waals surface area contributed by atoms with Gasteiger partial charge in [0.1, 0.15) is 9.79 Å². The van der Waals surface area contributed by atoms with Crippen LogP contribution in [0.4, 0.5) is 0 Å². The van der Waals surface area contributed by atoms with Crippen molar-refractivity contribution in [1.29, 1.82) is 0 Å². The van der Waals surface area contributed by atoms with Crippen molar-refractivity contribution >= 4 is 31.6 Å². The normalized spacial score (nSPS) is 11.9. The average molecular weight is 481 g/mol. The van der Waals surface area contributed by atoms with Crippen LogP contribution in [0.1, 0.15) is 38.2 Å². The van der Waals surface area contributed by atoms with Crippen LogP contribution >= 0.6 is 11.3 Å². The zero-order chi connectivity index (χ0) is 22.3. The van der Waals surface area contributed by atoms with E-state index >= 15 is 0 Å². The highest BCUT2D eigenvalue weighted by atomic mass is 32.2. The summed E-state index contributed by atoms with van der Waals surface area (Å²) >= 11 is 1.07. The maximum Gasteiger partial charge on any atom is 0.339 e. The van der Waals surface area contributed by atoms with Gasteiger partial charge in [-0.15, -0.1) is 11.3 Å². The van der Waals surface area contributed by atoms with Crippen molar-refractivity contribution in [3.05, 3.63) is 70.9 Å². The van der Waals surface area contributed by atoms with Crippen LogP contribution in [0.3, 0.4) is 0 Å². The molecule has 0 aliphatic heterocycles. The molecule has 0 N–H and O–H groups in total. The van der Waals surface area contributed by atoms with Gasteiger partial charge < -0.3 is 8.37 Å². The molecule has 0 fully saturated rings. The van der Waals surface area contributed by atoms with Crippen molar-refractivity contribution in [3.8, 4) is 11.5 Å². The molecular formula is C22H24O6S3. The molecule has 166 valence electrons. The largest absolute Gasteiger partial charge is 0.374 e. The van der Waals surface area contributed by atoms with Crippen molar-refractivity contribution in [1.82, 2.24) is 0 Å². The van der Waals surface area contributed by atoms with Crippen LogP contribution in [-0.2, 0) is 26.7 Å². The standard InChI is InChI=1S/C22H24O6S3/c1-2-3-4-6-9-18-12-14-20(15-13-18)31(25,26)28-22-17-29-16-21(22)27-30(23,24)19-10-7-5-8-11-19/h5,7-8,10-17H,2-4,6,9H2,1H3. The zero-order valence-electron chi connectivity index (χ0n) is 17.1. The van der Waals surface area contributed by atoms with Crippen LogP contribution in [0.5, 0.6) is 11.5 Å². The summed E-state index contributed by atoms with van der Waals surface area (Å²) in [5.41, 5.74) is 1.06. The van der Waals surface area contributed by atoms with Crippen molar-refractivity contribution in [3.63, 3.8) is 0 Å². The van der Waals surface area contributed by atoms with Crippen LogP contribution in [0.25, 0.3) is 0 Å². The van der Waals surface area contributed by atoms with Gasteiger partial charge in [-0.2, -0.15) is 16.8 Å². The molecule has 0 saturated heterocycles. The maximum atomic E-state index is 12.7. The molecule has 0 aliphatic rings. The first kappa shape index (κ1) is 23.3. The third-order valence-electron chi connectivity index (χ3n) is 4.55. The van der Waals surface area contributed by atoms with Crippen LogP contribution in [0.15, 0.2) is 75.1 Å². The number of hydrogen-bond donors (Lipinski definition) is 0. The van der Waals surface area contributed by atoms with E-state index in [1.54, 1.807) is 30.3 Å². The van der Waals surface area contributed by atoms with E-state index in [1.807, 2.05) is 0 Å². The molecule has 0 radical (unpaired) electrons. The Hall–Kier alpha value is -2.36. The molecule has 0 saturated carbocycles. The molecule has 6 nitrogen and oxygen atoms in total. The van der Waals surface area contributed by atoms with Gasteiger partial charge in [0.25, 0.3) is 0 Å². The number of thiophene rings is 1. The summed E-state index contributed by atoms with van der Waals surface area (Å²) < 4.78 is 60.5. The Morgan fingerprint density at radius 3 is 1.81 bits per heavy atom. The van der Waals surface area contributed by atoms with E-state index in [-0.39, 0.29) is 21.3 Å². The molecule has 3 aromatic rings. The second-order valence-corrected chi connectivity index (χ2v) is 10.8. The molecule has 2 aromatic carbocycles. The minimum atomic E-state index is -4.14. The third kappa shape index (κ3) is 6.32. The van der Waals surface area contributed by atoms with Gasteiger partial charge in [0.15, 0.2) is 11.5 Å². The van der Waals surface area contributed by atoms with Crippen molar-refractivity contribution in [2.45, 2.75) is 48.8 Å². The molecule has 31 heavy (non-hydrogen) atoms. The molecule has 0 amide bonds. The van der Waals surface area contributed by atoms with E-state index in [9.17, 15) is 16.8 Å². The molecule has 1 heterocycles. The Morgan fingerprint density at radius 1 is 0.710 bits per heavy atom. The maximum absolute atomic E-state index is 12.7. The fraction of sp³-hybridized carbons (Fsp3) is 0.273. The van der Waals surface area contributed by atoms with Gasteiger partial charge in [-0.05, 0) is 42.7 Å². The fourth-order valence-corrected chi connectivity index (χ4v) is 5.54. The van der Waals surface area contributed by atoms with Crippen molar-refractivity contribution in [2.75, 3.05) is 0 Å². The first-order valence-corrected chi connectivity index (χ1v) is 13.7. The number of aryl methyl sites for hydroxylation is 1. The van der Waals surface area contributed by atoms with Crippen LogP contribution in [0, 0.1) is 0 Å². The van der Waals surface area contributed by atoms with E-state index in [1.165, 1.54) is 41.4 Å². The Balaban J connectivity index is 1.71. The lowest BCUT2D eigenvalue weighted by Gasteiger charge is -2.10. The van der Waals surface area contributed by atoms with Crippen LogP contribution in [-0.4, -0.2) is 16.8 Å². The third-order valence-corrected chi connectivity index (χ3v) is 7.75. The van der Waals surface area contributed by atoms with Crippen molar-refractivity contribution in [2.24, 2.45) is 0 Å². The lowest BCUT2D eigenvalue weighted by Crippen LogP contribution is -2.12. The summed E-state index contributed by atoms with van der Waals surface area (Å²) in [5.74, 6) is -0.349. The summed E-state index contributed by atoms with van der Waals surface area (Å²) in [5, 5.41) is 2.76. The van der Waals surface area contributed by atoms with Gasteiger partial charge in [0.05, 0.1) is 0 Å². The average Bonchev–Trinajstić information content (AvgIpc) is 3.17. The van der Waals surface area contributed by atoms with Gasteiger partial charge >= 0.3 is 20.2 Å². The minimum Gasteiger partial charge on any atom is -0.374 e. The van der Waals surface area contributed by atoms with Gasteiger partial charge in [-0.25, -0.2) is 0 Å². The summed E-state index contributed by atoms with van der Waals surface area (Å²) in [7, 11) is -8.25. The van der Waals surface area contributed by atoms with E-state index in [0.717, 1.165) is 42.6 Å². The van der Waals surface area contributed by atoms with E-state index in [0.29, 0.717) is 0 Å². The fourth-order valence-electron chi connectivity index (χ4n) is 2.89. The highest BCUT2D eigenvalue weighted by molar-refractivity contribution is 7.87. The van der Waals surface area contributed by atoms with Crippen LogP contribution < -0.4 is 8.37 Å². The second kappa shape index (κ2) is 10.3. The molecule has 0 bridgehead atoms. The second-order valence-electron chi connectivity index (χ2n) is 6.94. The predicted molar refractivity (Wildman–Crippen MR) is 121 cm³/mol. The van der Waals surface area contributed by atoms with Crippen LogP contribution in [0.2, 0.25) is 0 Å². The summed E-state index contributed by atoms with van der Waals surface area (Å²) in [6.45, 7) is 2.15. The highest BCUT2D eigenvalue weighted by Gasteiger charge is 2.24. The lowest BCUT2D eigenvalue weighted by atomic mass is 10.1. The monoisotopic (exact) mass is 480 g/mol. The molecular weight excluding hydrogens is 456 g/mol. The number of rotatable bonds is 11. The molecule has 0 spiro atoms. The van der Waals surface area contributed by atoms with E-state index < -0.39 is 20.2 Å².